The zero-order valence-electron chi connectivity index (χ0n) is 18.5. The molecule has 0 spiro atoms. The molecule has 180 valence electrons. The average molecular weight is 659 g/mol. The molecular weight excluding hydrogens is 640 g/mol. The molecule has 0 bridgehead atoms. The number of nitrogens with zero attached hydrogens (tertiary/aromatic N) is 3. The number of ether oxygens (including phenoxy) is 1. The molecule has 1 aromatic heterocycles. The molecule has 10 heteroatoms. The Labute approximate surface area is 233 Å². The Bertz CT molecular complexity index is 1520. The van der Waals surface area contributed by atoms with E-state index in [4.69, 9.17) is 39.5 Å². The van der Waals surface area contributed by atoms with Crippen LogP contribution in [-0.2, 0) is 6.61 Å². The van der Waals surface area contributed by atoms with Crippen molar-refractivity contribution in [2.75, 3.05) is 0 Å². The second-order valence-electron chi connectivity index (χ2n) is 7.99. The summed E-state index contributed by atoms with van der Waals surface area (Å²) in [5.74, 6) is 1.02. The molecule has 4 aromatic rings. The summed E-state index contributed by atoms with van der Waals surface area (Å²) >= 11 is 25.4. The summed E-state index contributed by atoms with van der Waals surface area (Å²) < 4.78 is 8.82. The Kier molecular flexibility index (Phi) is 8.23. The Morgan fingerprint density at radius 2 is 1.83 bits per heavy atom. The van der Waals surface area contributed by atoms with Gasteiger partial charge in [0.25, 0.3) is 5.56 Å². The minimum atomic E-state index is -0.268. The van der Waals surface area contributed by atoms with E-state index >= 15 is 0 Å². The molecule has 0 N–H and O–H groups in total. The summed E-state index contributed by atoms with van der Waals surface area (Å²) in [5, 5.41) is 6.37. The fourth-order valence-electron chi connectivity index (χ4n) is 3.38. The van der Waals surface area contributed by atoms with Gasteiger partial charge < -0.3 is 4.74 Å². The molecule has 0 radical (unpaired) electrons. The van der Waals surface area contributed by atoms with Gasteiger partial charge in [-0.3, -0.25) is 4.79 Å². The van der Waals surface area contributed by atoms with E-state index in [0.717, 1.165) is 10.0 Å². The summed E-state index contributed by atoms with van der Waals surface area (Å²) in [5.41, 5.74) is 1.77. The van der Waals surface area contributed by atoms with Crippen LogP contribution in [0.15, 0.2) is 67.4 Å². The van der Waals surface area contributed by atoms with Crippen LogP contribution in [0.3, 0.4) is 0 Å². The average Bonchev–Trinajstić information content (AvgIpc) is 2.80. The molecule has 0 aliphatic rings. The minimum Gasteiger partial charge on any atom is -0.487 e. The van der Waals surface area contributed by atoms with Gasteiger partial charge in [-0.1, -0.05) is 70.6 Å². The lowest BCUT2D eigenvalue weighted by atomic mass is 10.2. The molecule has 0 unspecified atom stereocenters. The molecule has 0 saturated heterocycles. The first kappa shape index (κ1) is 26.2. The molecule has 3 aromatic carbocycles. The van der Waals surface area contributed by atoms with Gasteiger partial charge in [0.1, 0.15) is 18.2 Å². The summed E-state index contributed by atoms with van der Waals surface area (Å²) in [6.07, 6.45) is 1.54. The van der Waals surface area contributed by atoms with Crippen molar-refractivity contribution in [3.63, 3.8) is 0 Å². The monoisotopic (exact) mass is 655 g/mol. The van der Waals surface area contributed by atoms with Crippen molar-refractivity contribution in [2.45, 2.75) is 26.4 Å². The third-order valence-corrected chi connectivity index (χ3v) is 7.11. The first-order valence-electron chi connectivity index (χ1n) is 10.5. The van der Waals surface area contributed by atoms with Crippen molar-refractivity contribution >= 4 is 83.8 Å². The van der Waals surface area contributed by atoms with Gasteiger partial charge in [-0.15, -0.1) is 0 Å². The Balaban J connectivity index is 1.76. The van der Waals surface area contributed by atoms with E-state index < -0.39 is 0 Å². The Hall–Kier alpha value is -1.90. The number of hydrogen-bond donors (Lipinski definition) is 0. The second kappa shape index (κ2) is 11.0. The summed E-state index contributed by atoms with van der Waals surface area (Å²) in [4.78, 5) is 18.0. The highest BCUT2D eigenvalue weighted by Crippen LogP contribution is 2.33. The van der Waals surface area contributed by atoms with Gasteiger partial charge in [-0.2, -0.15) is 9.78 Å². The van der Waals surface area contributed by atoms with Crippen LogP contribution in [0.1, 0.15) is 36.7 Å². The number of fused-ring (bicyclic) bond motifs is 1. The molecule has 0 amide bonds. The molecule has 5 nitrogen and oxygen atoms in total. The number of aromatic nitrogens is 2. The first-order valence-corrected chi connectivity index (χ1v) is 13.2. The maximum absolute atomic E-state index is 13.3. The van der Waals surface area contributed by atoms with Crippen molar-refractivity contribution in [3.05, 3.63) is 99.8 Å². The maximum atomic E-state index is 13.3. The standard InChI is InChI=1S/C25H18Br2Cl3N3O2/c1-13(2)24-32-22-6-4-16(26)9-18(22)25(34)33(24)31-11-15-8-17(28)10-19(27)23(15)35-12-14-3-5-20(29)21(30)7-14/h3-11,13H,12H2,1-2H3. The highest BCUT2D eigenvalue weighted by Gasteiger charge is 2.15. The molecule has 0 aliphatic heterocycles. The largest absolute Gasteiger partial charge is 0.487 e. The van der Waals surface area contributed by atoms with Crippen LogP contribution >= 0.6 is 66.7 Å². The van der Waals surface area contributed by atoms with Crippen LogP contribution in [0.2, 0.25) is 15.1 Å². The van der Waals surface area contributed by atoms with Crippen LogP contribution in [-0.4, -0.2) is 15.9 Å². The molecular formula is C25H18Br2Cl3N3O2. The van der Waals surface area contributed by atoms with Gasteiger partial charge in [0.2, 0.25) is 0 Å². The third-order valence-electron chi connectivity index (χ3n) is 5.07. The van der Waals surface area contributed by atoms with E-state index in [1.54, 1.807) is 36.5 Å². The van der Waals surface area contributed by atoms with E-state index in [2.05, 4.69) is 41.9 Å². The van der Waals surface area contributed by atoms with Crippen LogP contribution in [0.4, 0.5) is 0 Å². The molecule has 1 heterocycles. The lowest BCUT2D eigenvalue weighted by molar-refractivity contribution is 0.304. The van der Waals surface area contributed by atoms with E-state index in [0.29, 0.717) is 47.6 Å². The minimum absolute atomic E-state index is 0.0376. The topological polar surface area (TPSA) is 56.5 Å². The van der Waals surface area contributed by atoms with Crippen LogP contribution in [0.25, 0.3) is 10.9 Å². The molecule has 0 aliphatic carbocycles. The lowest BCUT2D eigenvalue weighted by Gasteiger charge is -2.14. The molecule has 4 rings (SSSR count). The number of rotatable bonds is 6. The molecule has 0 atom stereocenters. The summed E-state index contributed by atoms with van der Waals surface area (Å²) in [6, 6.07) is 14.1. The van der Waals surface area contributed by atoms with E-state index in [9.17, 15) is 4.79 Å². The first-order chi connectivity index (χ1) is 16.6. The van der Waals surface area contributed by atoms with E-state index in [1.807, 2.05) is 32.0 Å². The molecule has 35 heavy (non-hydrogen) atoms. The van der Waals surface area contributed by atoms with Crippen molar-refractivity contribution in [1.82, 2.24) is 9.66 Å². The van der Waals surface area contributed by atoms with E-state index in [-0.39, 0.29) is 18.1 Å². The normalized spacial score (nSPS) is 11.7. The van der Waals surface area contributed by atoms with Gasteiger partial charge >= 0.3 is 0 Å². The van der Waals surface area contributed by atoms with Crippen molar-refractivity contribution < 1.29 is 4.74 Å². The predicted octanol–water partition coefficient (Wildman–Crippen LogP) is 8.47. The van der Waals surface area contributed by atoms with Gasteiger partial charge in [0.15, 0.2) is 0 Å². The van der Waals surface area contributed by atoms with Crippen LogP contribution < -0.4 is 10.3 Å². The fraction of sp³-hybridized carbons (Fsp3) is 0.160. The van der Waals surface area contributed by atoms with Crippen molar-refractivity contribution in [2.24, 2.45) is 5.10 Å². The van der Waals surface area contributed by atoms with Crippen molar-refractivity contribution in [1.29, 1.82) is 0 Å². The highest BCUT2D eigenvalue weighted by atomic mass is 79.9. The van der Waals surface area contributed by atoms with Gasteiger partial charge in [-0.25, -0.2) is 4.98 Å². The van der Waals surface area contributed by atoms with Gasteiger partial charge in [0.05, 0.1) is 31.6 Å². The van der Waals surface area contributed by atoms with Crippen LogP contribution in [0.5, 0.6) is 5.75 Å². The number of halogens is 5. The Morgan fingerprint density at radius 1 is 1.06 bits per heavy atom. The maximum Gasteiger partial charge on any atom is 0.282 e. The Morgan fingerprint density at radius 3 is 2.54 bits per heavy atom. The van der Waals surface area contributed by atoms with Crippen LogP contribution in [0, 0.1) is 0 Å². The predicted molar refractivity (Wildman–Crippen MR) is 151 cm³/mol. The summed E-state index contributed by atoms with van der Waals surface area (Å²) in [6.45, 7) is 4.15. The number of hydrogen-bond acceptors (Lipinski definition) is 4. The third kappa shape index (κ3) is 5.92. The second-order valence-corrected chi connectivity index (χ2v) is 11.0. The van der Waals surface area contributed by atoms with Gasteiger partial charge in [-0.05, 0) is 64.0 Å². The lowest BCUT2D eigenvalue weighted by Crippen LogP contribution is -2.23. The highest BCUT2D eigenvalue weighted by molar-refractivity contribution is 9.10. The fourth-order valence-corrected chi connectivity index (χ4v) is 5.01. The molecule has 0 fully saturated rings. The number of benzene rings is 3. The van der Waals surface area contributed by atoms with Crippen molar-refractivity contribution in [3.8, 4) is 5.75 Å². The smallest absolute Gasteiger partial charge is 0.282 e. The zero-order chi connectivity index (χ0) is 25.3. The van der Waals surface area contributed by atoms with E-state index in [1.165, 1.54) is 4.68 Å². The SMILES string of the molecule is CC(C)c1nc2ccc(Br)cc2c(=O)n1N=Cc1cc(Cl)cc(Br)c1OCc1ccc(Cl)c(Cl)c1. The zero-order valence-corrected chi connectivity index (χ0v) is 24.0. The summed E-state index contributed by atoms with van der Waals surface area (Å²) in [7, 11) is 0. The quantitative estimate of drug-likeness (QED) is 0.196. The molecule has 0 saturated carbocycles. The van der Waals surface area contributed by atoms with Gasteiger partial charge in [0, 0.05) is 21.0 Å².